The van der Waals surface area contributed by atoms with Crippen LogP contribution in [0.2, 0.25) is 0 Å². The van der Waals surface area contributed by atoms with Gasteiger partial charge in [0, 0.05) is 22.3 Å². The molecule has 0 bridgehead atoms. The molecule has 19 heavy (non-hydrogen) atoms. The lowest BCUT2D eigenvalue weighted by atomic mass is 9.93. The summed E-state index contributed by atoms with van der Waals surface area (Å²) in [7, 11) is 0. The van der Waals surface area contributed by atoms with E-state index in [1.807, 2.05) is 12.1 Å². The number of aromatic nitrogens is 1. The fourth-order valence-electron chi connectivity index (χ4n) is 2.73. The van der Waals surface area contributed by atoms with Crippen molar-refractivity contribution < 1.29 is 9.50 Å². The molecule has 0 aliphatic heterocycles. The maximum atomic E-state index is 13.4. The normalized spacial score (nSPS) is 19.2. The standard InChI is InChI=1S/C15H13BrFNO/c16-11-6-10(7-12(17)8-11)15(19)13-4-3-9-2-1-5-18-14(9)13/h1-2,5-8,13,15,19H,3-4H2. The van der Waals surface area contributed by atoms with Crippen LogP contribution >= 0.6 is 15.9 Å². The van der Waals surface area contributed by atoms with Crippen molar-refractivity contribution in [3.05, 3.63) is 63.6 Å². The quantitative estimate of drug-likeness (QED) is 0.913. The first-order valence-corrected chi connectivity index (χ1v) is 7.02. The molecule has 1 aromatic carbocycles. The van der Waals surface area contributed by atoms with Gasteiger partial charge in [-0.05, 0) is 48.2 Å². The molecular formula is C15H13BrFNO. The Morgan fingerprint density at radius 1 is 1.37 bits per heavy atom. The molecule has 0 amide bonds. The first-order valence-electron chi connectivity index (χ1n) is 6.23. The van der Waals surface area contributed by atoms with Gasteiger partial charge in [-0.2, -0.15) is 0 Å². The maximum Gasteiger partial charge on any atom is 0.124 e. The van der Waals surface area contributed by atoms with Crippen LogP contribution in [-0.2, 0) is 6.42 Å². The molecule has 1 N–H and O–H groups in total. The molecule has 1 heterocycles. The second kappa shape index (κ2) is 5.02. The lowest BCUT2D eigenvalue weighted by Crippen LogP contribution is -2.09. The van der Waals surface area contributed by atoms with E-state index in [1.54, 1.807) is 12.3 Å². The lowest BCUT2D eigenvalue weighted by Gasteiger charge is -2.19. The van der Waals surface area contributed by atoms with Crippen molar-refractivity contribution in [2.24, 2.45) is 0 Å². The number of aliphatic hydroxyl groups excluding tert-OH is 1. The van der Waals surface area contributed by atoms with Crippen LogP contribution in [0.5, 0.6) is 0 Å². The Morgan fingerprint density at radius 2 is 2.21 bits per heavy atom. The van der Waals surface area contributed by atoms with Gasteiger partial charge in [0.1, 0.15) is 5.82 Å². The van der Waals surface area contributed by atoms with Crippen molar-refractivity contribution in [2.45, 2.75) is 24.9 Å². The van der Waals surface area contributed by atoms with E-state index < -0.39 is 6.10 Å². The van der Waals surface area contributed by atoms with Crippen LogP contribution in [0.15, 0.2) is 41.0 Å². The number of nitrogens with zero attached hydrogens (tertiary/aromatic N) is 1. The summed E-state index contributed by atoms with van der Waals surface area (Å²) in [6.45, 7) is 0. The van der Waals surface area contributed by atoms with Crippen LogP contribution < -0.4 is 0 Å². The SMILES string of the molecule is OC(c1cc(F)cc(Br)c1)C1CCc2cccnc21. The summed E-state index contributed by atoms with van der Waals surface area (Å²) in [5.74, 6) is -0.396. The van der Waals surface area contributed by atoms with Crippen LogP contribution in [0.25, 0.3) is 0 Å². The first kappa shape index (κ1) is 12.8. The van der Waals surface area contributed by atoms with Gasteiger partial charge in [-0.1, -0.05) is 22.0 Å². The van der Waals surface area contributed by atoms with Gasteiger partial charge in [0.05, 0.1) is 6.10 Å². The third-order valence-electron chi connectivity index (χ3n) is 3.61. The summed E-state index contributed by atoms with van der Waals surface area (Å²) in [5.41, 5.74) is 2.72. The Bertz CT molecular complexity index is 597. The number of benzene rings is 1. The van der Waals surface area contributed by atoms with Gasteiger partial charge in [-0.25, -0.2) is 4.39 Å². The molecule has 2 aromatic rings. The van der Waals surface area contributed by atoms with Crippen molar-refractivity contribution in [3.8, 4) is 0 Å². The van der Waals surface area contributed by atoms with Crippen LogP contribution in [0.1, 0.15) is 35.3 Å². The van der Waals surface area contributed by atoms with Crippen molar-refractivity contribution >= 4 is 15.9 Å². The number of aliphatic hydroxyl groups is 1. The molecule has 1 aliphatic rings. The maximum absolute atomic E-state index is 13.4. The van der Waals surface area contributed by atoms with Crippen LogP contribution in [0.4, 0.5) is 4.39 Å². The van der Waals surface area contributed by atoms with E-state index in [2.05, 4.69) is 20.9 Å². The Labute approximate surface area is 119 Å². The van der Waals surface area contributed by atoms with Crippen molar-refractivity contribution in [1.29, 1.82) is 0 Å². The number of rotatable bonds is 2. The van der Waals surface area contributed by atoms with Crippen molar-refractivity contribution in [2.75, 3.05) is 0 Å². The largest absolute Gasteiger partial charge is 0.388 e. The smallest absolute Gasteiger partial charge is 0.124 e. The fraction of sp³-hybridized carbons (Fsp3) is 0.267. The summed E-state index contributed by atoms with van der Waals surface area (Å²) in [6, 6.07) is 8.48. The average molecular weight is 322 g/mol. The van der Waals surface area contributed by atoms with E-state index in [1.165, 1.54) is 17.7 Å². The zero-order chi connectivity index (χ0) is 13.4. The van der Waals surface area contributed by atoms with Gasteiger partial charge >= 0.3 is 0 Å². The molecule has 3 rings (SSSR count). The number of aryl methyl sites for hydroxylation is 1. The third-order valence-corrected chi connectivity index (χ3v) is 4.07. The molecule has 2 unspecified atom stereocenters. The molecule has 1 aliphatic carbocycles. The Hall–Kier alpha value is -1.26. The summed E-state index contributed by atoms with van der Waals surface area (Å²) < 4.78 is 14.1. The minimum atomic E-state index is -0.719. The number of pyridine rings is 1. The summed E-state index contributed by atoms with van der Waals surface area (Å²) in [5, 5.41) is 10.5. The summed E-state index contributed by atoms with van der Waals surface area (Å²) in [4.78, 5) is 4.37. The summed E-state index contributed by atoms with van der Waals surface area (Å²) in [6.07, 6.45) is 2.79. The fourth-order valence-corrected chi connectivity index (χ4v) is 3.21. The van der Waals surface area contributed by atoms with Gasteiger partial charge < -0.3 is 5.11 Å². The highest BCUT2D eigenvalue weighted by Gasteiger charge is 2.30. The molecule has 2 atom stereocenters. The molecule has 98 valence electrons. The molecule has 0 radical (unpaired) electrons. The molecule has 2 nitrogen and oxygen atoms in total. The highest BCUT2D eigenvalue weighted by molar-refractivity contribution is 9.10. The highest BCUT2D eigenvalue weighted by atomic mass is 79.9. The number of fused-ring (bicyclic) bond motifs is 1. The summed E-state index contributed by atoms with van der Waals surface area (Å²) >= 11 is 3.25. The zero-order valence-electron chi connectivity index (χ0n) is 10.2. The molecule has 1 aromatic heterocycles. The van der Waals surface area contributed by atoms with E-state index in [4.69, 9.17) is 0 Å². The van der Waals surface area contributed by atoms with Gasteiger partial charge in [0.15, 0.2) is 0 Å². The lowest BCUT2D eigenvalue weighted by molar-refractivity contribution is 0.143. The van der Waals surface area contributed by atoms with Crippen LogP contribution in [0.3, 0.4) is 0 Å². The molecule has 0 saturated carbocycles. The minimum absolute atomic E-state index is 0.0510. The van der Waals surface area contributed by atoms with Gasteiger partial charge in [-0.15, -0.1) is 0 Å². The molecule has 0 saturated heterocycles. The van der Waals surface area contributed by atoms with Gasteiger partial charge in [-0.3, -0.25) is 4.98 Å². The van der Waals surface area contributed by atoms with Crippen molar-refractivity contribution in [3.63, 3.8) is 0 Å². The minimum Gasteiger partial charge on any atom is -0.388 e. The zero-order valence-corrected chi connectivity index (χ0v) is 11.8. The van der Waals surface area contributed by atoms with Gasteiger partial charge in [0.2, 0.25) is 0 Å². The van der Waals surface area contributed by atoms with Crippen molar-refractivity contribution in [1.82, 2.24) is 4.98 Å². The Balaban J connectivity index is 1.95. The van der Waals surface area contributed by atoms with E-state index >= 15 is 0 Å². The Kier molecular flexibility index (Phi) is 3.37. The Morgan fingerprint density at radius 3 is 3.00 bits per heavy atom. The predicted octanol–water partition coefficient (Wildman–Crippen LogP) is 3.75. The van der Waals surface area contributed by atoms with E-state index in [9.17, 15) is 9.50 Å². The third kappa shape index (κ3) is 2.42. The number of halogens is 2. The molecule has 4 heteroatoms. The first-order chi connectivity index (χ1) is 9.15. The van der Waals surface area contributed by atoms with Crippen LogP contribution in [0, 0.1) is 5.82 Å². The second-order valence-electron chi connectivity index (χ2n) is 4.84. The number of hydrogen-bond acceptors (Lipinski definition) is 2. The van der Waals surface area contributed by atoms with Crippen LogP contribution in [-0.4, -0.2) is 10.1 Å². The molecular weight excluding hydrogens is 309 g/mol. The van der Waals surface area contributed by atoms with E-state index in [0.29, 0.717) is 10.0 Å². The molecule has 0 fully saturated rings. The monoisotopic (exact) mass is 321 g/mol. The van der Waals surface area contributed by atoms with E-state index in [-0.39, 0.29) is 11.7 Å². The topological polar surface area (TPSA) is 33.1 Å². The van der Waals surface area contributed by atoms with E-state index in [0.717, 1.165) is 18.5 Å². The average Bonchev–Trinajstić information content (AvgIpc) is 2.80. The predicted molar refractivity (Wildman–Crippen MR) is 74.4 cm³/mol. The van der Waals surface area contributed by atoms with Gasteiger partial charge in [0.25, 0.3) is 0 Å². The number of hydrogen-bond donors (Lipinski definition) is 1. The molecule has 0 spiro atoms. The second-order valence-corrected chi connectivity index (χ2v) is 5.76. The highest BCUT2D eigenvalue weighted by Crippen LogP contribution is 2.40.